The van der Waals surface area contributed by atoms with Crippen molar-refractivity contribution in [2.24, 2.45) is 0 Å². The molecular formula is C18H13Cl2F3N2O. The molecule has 2 aromatic carbocycles. The quantitative estimate of drug-likeness (QED) is 0.636. The number of aromatic nitrogens is 1. The summed E-state index contributed by atoms with van der Waals surface area (Å²) in [5.74, 6) is 0. The van der Waals surface area contributed by atoms with E-state index in [2.05, 4.69) is 10.3 Å². The van der Waals surface area contributed by atoms with Crippen molar-refractivity contribution in [2.45, 2.75) is 19.3 Å². The Bertz CT molecular complexity index is 998. The summed E-state index contributed by atoms with van der Waals surface area (Å²) in [6, 6.07) is 9.06. The van der Waals surface area contributed by atoms with Crippen LogP contribution >= 0.6 is 23.2 Å². The zero-order chi connectivity index (χ0) is 18.9. The molecule has 26 heavy (non-hydrogen) atoms. The fraction of sp³-hybridized carbons (Fsp3) is 0.167. The standard InChI is InChI=1S/C18H13Cl2F3N2O/c19-12-3-1-10(2-4-12)7-24-8-11-9-25-16-14(20)6-5-13(18(21,22)23)15(16)17(11)26/h1-6,9,24H,7-8H2,(H,25,26). The fourth-order valence-electron chi connectivity index (χ4n) is 2.65. The maximum atomic E-state index is 13.2. The van der Waals surface area contributed by atoms with Gasteiger partial charge in [-0.25, -0.2) is 0 Å². The molecule has 0 spiro atoms. The van der Waals surface area contributed by atoms with Crippen LogP contribution < -0.4 is 10.7 Å². The highest BCUT2D eigenvalue weighted by molar-refractivity contribution is 6.35. The van der Waals surface area contributed by atoms with E-state index >= 15 is 0 Å². The number of benzene rings is 2. The van der Waals surface area contributed by atoms with Gasteiger partial charge < -0.3 is 10.3 Å². The Morgan fingerprint density at radius 3 is 2.35 bits per heavy atom. The second-order valence-corrected chi connectivity index (χ2v) is 6.56. The predicted octanol–water partition coefficient (Wildman–Crippen LogP) is 5.14. The number of fused-ring (bicyclic) bond motifs is 1. The minimum Gasteiger partial charge on any atom is -0.359 e. The number of alkyl halides is 3. The van der Waals surface area contributed by atoms with Crippen LogP contribution in [0.25, 0.3) is 10.9 Å². The van der Waals surface area contributed by atoms with Gasteiger partial charge in [-0.3, -0.25) is 4.79 Å². The molecule has 0 saturated carbocycles. The highest BCUT2D eigenvalue weighted by Gasteiger charge is 2.34. The molecule has 8 heteroatoms. The molecule has 0 amide bonds. The highest BCUT2D eigenvalue weighted by atomic mass is 35.5. The Morgan fingerprint density at radius 2 is 1.69 bits per heavy atom. The van der Waals surface area contributed by atoms with E-state index in [-0.39, 0.29) is 22.6 Å². The van der Waals surface area contributed by atoms with E-state index in [0.717, 1.165) is 17.7 Å². The van der Waals surface area contributed by atoms with E-state index in [1.807, 2.05) is 12.1 Å². The smallest absolute Gasteiger partial charge is 0.359 e. The van der Waals surface area contributed by atoms with Crippen molar-refractivity contribution in [3.63, 3.8) is 0 Å². The van der Waals surface area contributed by atoms with Crippen LogP contribution in [0.1, 0.15) is 16.7 Å². The van der Waals surface area contributed by atoms with Crippen molar-refractivity contribution in [1.29, 1.82) is 0 Å². The van der Waals surface area contributed by atoms with Crippen LogP contribution in [0.5, 0.6) is 0 Å². The maximum absolute atomic E-state index is 13.2. The molecule has 136 valence electrons. The van der Waals surface area contributed by atoms with E-state index < -0.39 is 22.6 Å². The second kappa shape index (κ2) is 7.31. The van der Waals surface area contributed by atoms with Gasteiger partial charge in [0.2, 0.25) is 0 Å². The molecule has 3 rings (SSSR count). The fourth-order valence-corrected chi connectivity index (χ4v) is 2.99. The third-order valence-corrected chi connectivity index (χ3v) is 4.49. The van der Waals surface area contributed by atoms with Crippen LogP contribution in [0.15, 0.2) is 47.4 Å². The van der Waals surface area contributed by atoms with Gasteiger partial charge >= 0.3 is 6.18 Å². The van der Waals surface area contributed by atoms with E-state index in [1.165, 1.54) is 6.20 Å². The summed E-state index contributed by atoms with van der Waals surface area (Å²) < 4.78 is 39.7. The summed E-state index contributed by atoms with van der Waals surface area (Å²) >= 11 is 11.8. The Labute approximate surface area is 156 Å². The highest BCUT2D eigenvalue weighted by Crippen LogP contribution is 2.35. The number of aromatic amines is 1. The minimum atomic E-state index is -4.65. The van der Waals surface area contributed by atoms with Crippen molar-refractivity contribution in [3.8, 4) is 0 Å². The van der Waals surface area contributed by atoms with E-state index in [1.54, 1.807) is 12.1 Å². The summed E-state index contributed by atoms with van der Waals surface area (Å²) in [5, 5.41) is 3.26. The summed E-state index contributed by atoms with van der Waals surface area (Å²) in [6.45, 7) is 0.550. The maximum Gasteiger partial charge on any atom is 0.417 e. The first kappa shape index (κ1) is 18.8. The molecule has 0 saturated heterocycles. The number of hydrogen-bond donors (Lipinski definition) is 2. The predicted molar refractivity (Wildman–Crippen MR) is 96.6 cm³/mol. The molecule has 0 aliphatic rings. The summed E-state index contributed by atoms with van der Waals surface area (Å²) in [6.07, 6.45) is -3.27. The molecule has 3 nitrogen and oxygen atoms in total. The molecular weight excluding hydrogens is 388 g/mol. The minimum absolute atomic E-state index is 0.0204. The first-order valence-electron chi connectivity index (χ1n) is 7.62. The lowest BCUT2D eigenvalue weighted by molar-refractivity contribution is -0.136. The third kappa shape index (κ3) is 3.87. The molecule has 0 aliphatic heterocycles. The summed E-state index contributed by atoms with van der Waals surface area (Å²) in [5.41, 5.74) is -0.590. The number of pyridine rings is 1. The van der Waals surface area contributed by atoms with Gasteiger partial charge in [0.15, 0.2) is 5.43 Å². The lowest BCUT2D eigenvalue weighted by atomic mass is 10.1. The SMILES string of the molecule is O=c1c(CNCc2ccc(Cl)cc2)c[nH]c2c(Cl)ccc(C(F)(F)F)c12. The van der Waals surface area contributed by atoms with Gasteiger partial charge in [0.1, 0.15) is 0 Å². The monoisotopic (exact) mass is 400 g/mol. The Balaban J connectivity index is 1.91. The molecule has 1 aromatic heterocycles. The number of rotatable bonds is 4. The number of H-pyrrole nitrogens is 1. The van der Waals surface area contributed by atoms with Crippen LogP contribution in [0.2, 0.25) is 10.0 Å². The molecule has 0 bridgehead atoms. The van der Waals surface area contributed by atoms with Crippen molar-refractivity contribution in [2.75, 3.05) is 0 Å². The van der Waals surface area contributed by atoms with Crippen molar-refractivity contribution < 1.29 is 13.2 Å². The number of halogens is 5. The first-order chi connectivity index (χ1) is 12.3. The van der Waals surface area contributed by atoms with Crippen LogP contribution in [0.4, 0.5) is 13.2 Å². The third-order valence-electron chi connectivity index (χ3n) is 3.93. The summed E-state index contributed by atoms with van der Waals surface area (Å²) in [4.78, 5) is 15.3. The van der Waals surface area contributed by atoms with Gasteiger partial charge in [0, 0.05) is 29.9 Å². The Morgan fingerprint density at radius 1 is 1.00 bits per heavy atom. The van der Waals surface area contributed by atoms with Gasteiger partial charge in [-0.15, -0.1) is 0 Å². The molecule has 2 N–H and O–H groups in total. The molecule has 1 heterocycles. The molecule has 0 atom stereocenters. The zero-order valence-corrected chi connectivity index (χ0v) is 14.8. The number of nitrogens with one attached hydrogen (secondary N) is 2. The first-order valence-corrected chi connectivity index (χ1v) is 8.38. The average molecular weight is 401 g/mol. The van der Waals surface area contributed by atoms with E-state index in [4.69, 9.17) is 23.2 Å². The van der Waals surface area contributed by atoms with Gasteiger partial charge in [0.25, 0.3) is 0 Å². The van der Waals surface area contributed by atoms with Crippen molar-refractivity contribution >= 4 is 34.1 Å². The molecule has 0 unspecified atom stereocenters. The van der Waals surface area contributed by atoms with Crippen LogP contribution in [0, 0.1) is 0 Å². The van der Waals surface area contributed by atoms with Crippen LogP contribution in [0.3, 0.4) is 0 Å². The normalized spacial score (nSPS) is 11.9. The van der Waals surface area contributed by atoms with Crippen LogP contribution in [-0.4, -0.2) is 4.98 Å². The molecule has 0 radical (unpaired) electrons. The molecule has 0 fully saturated rings. The number of hydrogen-bond acceptors (Lipinski definition) is 2. The van der Waals surface area contributed by atoms with Crippen molar-refractivity contribution in [1.82, 2.24) is 10.3 Å². The van der Waals surface area contributed by atoms with Gasteiger partial charge in [-0.2, -0.15) is 13.2 Å². The lowest BCUT2D eigenvalue weighted by Crippen LogP contribution is -2.21. The van der Waals surface area contributed by atoms with Gasteiger partial charge in [0.05, 0.1) is 21.5 Å². The lowest BCUT2D eigenvalue weighted by Gasteiger charge is -2.12. The van der Waals surface area contributed by atoms with E-state index in [0.29, 0.717) is 11.6 Å². The van der Waals surface area contributed by atoms with Gasteiger partial charge in [-0.05, 0) is 29.8 Å². The van der Waals surface area contributed by atoms with Crippen LogP contribution in [-0.2, 0) is 19.3 Å². The largest absolute Gasteiger partial charge is 0.417 e. The Hall–Kier alpha value is -2.02. The second-order valence-electron chi connectivity index (χ2n) is 5.72. The van der Waals surface area contributed by atoms with E-state index in [9.17, 15) is 18.0 Å². The topological polar surface area (TPSA) is 44.9 Å². The summed E-state index contributed by atoms with van der Waals surface area (Å²) in [7, 11) is 0. The molecule has 0 aliphatic carbocycles. The zero-order valence-electron chi connectivity index (χ0n) is 13.3. The molecule has 3 aromatic rings. The van der Waals surface area contributed by atoms with Crippen molar-refractivity contribution in [3.05, 3.63) is 79.6 Å². The average Bonchev–Trinajstić information content (AvgIpc) is 2.58. The Kier molecular flexibility index (Phi) is 5.27. The van der Waals surface area contributed by atoms with Gasteiger partial charge in [-0.1, -0.05) is 35.3 Å².